The second-order valence-corrected chi connectivity index (χ2v) is 6.16. The minimum atomic E-state index is -0.776. The van der Waals surface area contributed by atoms with Gasteiger partial charge in [-0.3, -0.25) is 14.9 Å². The lowest BCUT2D eigenvalue weighted by molar-refractivity contribution is -0.124. The first-order valence-corrected chi connectivity index (χ1v) is 8.74. The van der Waals surface area contributed by atoms with Gasteiger partial charge in [-0.1, -0.05) is 31.7 Å². The minimum Gasteiger partial charge on any atom is -0.494 e. The molecule has 8 nitrogen and oxygen atoms in total. The van der Waals surface area contributed by atoms with E-state index in [2.05, 4.69) is 33.8 Å². The number of nitrogens with zero attached hydrogens (tertiary/aromatic N) is 2. The van der Waals surface area contributed by atoms with Crippen LogP contribution in [0.2, 0.25) is 0 Å². The van der Waals surface area contributed by atoms with Crippen molar-refractivity contribution >= 4 is 29.4 Å². The third-order valence-corrected chi connectivity index (χ3v) is 3.64. The Bertz CT molecular complexity index is 809. The number of aromatic nitrogens is 2. The average molecular weight is 425 g/mol. The largest absolute Gasteiger partial charge is 0.494 e. The molecule has 0 bridgehead atoms. The van der Waals surface area contributed by atoms with Crippen LogP contribution in [0.15, 0.2) is 60.5 Å². The van der Waals surface area contributed by atoms with Crippen LogP contribution in [-0.4, -0.2) is 35.5 Å². The van der Waals surface area contributed by atoms with Gasteiger partial charge < -0.3 is 14.8 Å². The van der Waals surface area contributed by atoms with Crippen LogP contribution in [-0.2, 0) is 14.3 Å². The number of ether oxygens (including phenoxy) is 2. The van der Waals surface area contributed by atoms with Gasteiger partial charge in [-0.15, -0.1) is 0 Å². The Hall–Kier alpha value is -3.20. The van der Waals surface area contributed by atoms with E-state index in [9.17, 15) is 14.0 Å². The summed E-state index contributed by atoms with van der Waals surface area (Å²) in [6, 6.07) is 0. The van der Waals surface area contributed by atoms with Crippen LogP contribution in [0.4, 0.5) is 10.3 Å². The molecule has 0 aliphatic carbocycles. The van der Waals surface area contributed by atoms with Gasteiger partial charge in [0.1, 0.15) is 5.83 Å². The minimum absolute atomic E-state index is 0.142. The second kappa shape index (κ2) is 12.3. The molecule has 0 radical (unpaired) electrons. The molecule has 0 aromatic carbocycles. The fourth-order valence-electron chi connectivity index (χ4n) is 1.86. The van der Waals surface area contributed by atoms with E-state index in [1.807, 2.05) is 0 Å². The molecule has 1 unspecified atom stereocenters. The zero-order valence-corrected chi connectivity index (χ0v) is 16.8. The molecule has 1 aromatic heterocycles. The number of halogens is 2. The van der Waals surface area contributed by atoms with E-state index in [4.69, 9.17) is 21.1 Å². The lowest BCUT2D eigenvalue weighted by atomic mass is 10.1. The number of carbonyl (C=O) groups excluding carboxylic acids is 2. The number of carbonyl (C=O) groups is 2. The number of hydrogen-bond donors (Lipinski definition) is 2. The van der Waals surface area contributed by atoms with Crippen molar-refractivity contribution in [1.29, 1.82) is 0 Å². The van der Waals surface area contributed by atoms with Crippen molar-refractivity contribution in [2.45, 2.75) is 13.3 Å². The van der Waals surface area contributed by atoms with Crippen LogP contribution in [0.5, 0.6) is 5.75 Å². The van der Waals surface area contributed by atoms with Crippen molar-refractivity contribution in [2.24, 2.45) is 5.92 Å². The maximum atomic E-state index is 12.6. The Morgan fingerprint density at radius 3 is 2.59 bits per heavy atom. The number of hydrogen-bond acceptors (Lipinski definition) is 6. The molecule has 1 aromatic rings. The first kappa shape index (κ1) is 23.8. The van der Waals surface area contributed by atoms with Crippen LogP contribution in [0.1, 0.15) is 13.3 Å². The molecule has 10 heteroatoms. The Morgan fingerprint density at radius 2 is 2.00 bits per heavy atom. The van der Waals surface area contributed by atoms with Crippen LogP contribution in [0, 0.1) is 5.92 Å². The number of rotatable bonds is 11. The van der Waals surface area contributed by atoms with Crippen LogP contribution >= 0.6 is 11.6 Å². The van der Waals surface area contributed by atoms with Crippen molar-refractivity contribution in [3.8, 4) is 5.75 Å². The molecule has 156 valence electrons. The van der Waals surface area contributed by atoms with Crippen molar-refractivity contribution in [3.05, 3.63) is 60.5 Å². The normalized spacial score (nSPS) is 12.2. The van der Waals surface area contributed by atoms with E-state index in [0.717, 1.165) is 0 Å². The summed E-state index contributed by atoms with van der Waals surface area (Å²) in [6.07, 6.45) is 6.80. The predicted octanol–water partition coefficient (Wildman–Crippen LogP) is 3.22. The summed E-state index contributed by atoms with van der Waals surface area (Å²) in [7, 11) is 1.48. The molecule has 0 fully saturated rings. The number of methoxy groups -OCH3 is 1. The van der Waals surface area contributed by atoms with Gasteiger partial charge in [0.25, 0.3) is 5.91 Å². The van der Waals surface area contributed by atoms with E-state index in [0.29, 0.717) is 11.4 Å². The van der Waals surface area contributed by atoms with Gasteiger partial charge in [0, 0.05) is 11.6 Å². The van der Waals surface area contributed by atoms with Gasteiger partial charge >= 0.3 is 0 Å². The fraction of sp³-hybridized carbons (Fsp3) is 0.263. The second-order valence-electron chi connectivity index (χ2n) is 5.75. The lowest BCUT2D eigenvalue weighted by Gasteiger charge is -2.14. The highest BCUT2D eigenvalue weighted by atomic mass is 35.5. The highest BCUT2D eigenvalue weighted by Crippen LogP contribution is 2.13. The molecule has 0 saturated carbocycles. The Labute approximate surface area is 173 Å². The summed E-state index contributed by atoms with van der Waals surface area (Å²) < 4.78 is 22.5. The van der Waals surface area contributed by atoms with Gasteiger partial charge in [-0.25, -0.2) is 14.4 Å². The number of allylic oxidation sites excluding steroid dienone is 5. The van der Waals surface area contributed by atoms with Gasteiger partial charge in [-0.05, 0) is 18.6 Å². The average Bonchev–Trinajstić information content (AvgIpc) is 2.67. The molecule has 0 spiro atoms. The first-order valence-electron chi connectivity index (χ1n) is 8.36. The first-order chi connectivity index (χ1) is 13.7. The maximum absolute atomic E-state index is 12.6. The summed E-state index contributed by atoms with van der Waals surface area (Å²) >= 11 is 5.51. The zero-order chi connectivity index (χ0) is 21.8. The molecular weight excluding hydrogens is 403 g/mol. The Balaban J connectivity index is 2.37. The topological polar surface area (TPSA) is 102 Å². The Kier molecular flexibility index (Phi) is 10.1. The molecule has 0 aliphatic heterocycles. The summed E-state index contributed by atoms with van der Waals surface area (Å²) in [6.45, 7) is 8.12. The predicted molar refractivity (Wildman–Crippen MR) is 108 cm³/mol. The lowest BCUT2D eigenvalue weighted by Crippen LogP contribution is -2.29. The molecule has 0 aliphatic rings. The standard InChI is InChI=1S/C19H22ClFN4O4/c1-12(18(27)25-19-22-9-15(28-4)10-23-19)8-13(2)24-17(26)11-29-7-5-6-16(20)14(3)21/h5-7,9-10,12H,2-3,8,11H2,1,4H3,(H,24,26)(H,22,23,25,27)/b7-5+,16-6+. The molecule has 1 atom stereocenters. The molecule has 2 amide bonds. The van der Waals surface area contributed by atoms with Gasteiger partial charge in [0.05, 0.1) is 30.8 Å². The van der Waals surface area contributed by atoms with Gasteiger partial charge in [0.2, 0.25) is 11.9 Å². The summed E-state index contributed by atoms with van der Waals surface area (Å²) in [5, 5.41) is 4.92. The quantitative estimate of drug-likeness (QED) is 0.417. The van der Waals surface area contributed by atoms with Crippen LogP contribution < -0.4 is 15.4 Å². The molecule has 2 N–H and O–H groups in total. The fourth-order valence-corrected chi connectivity index (χ4v) is 1.93. The molecule has 1 rings (SSSR count). The van der Waals surface area contributed by atoms with Gasteiger partial charge in [0.15, 0.2) is 12.4 Å². The van der Waals surface area contributed by atoms with Crippen molar-refractivity contribution in [2.75, 3.05) is 19.0 Å². The molecule has 0 saturated heterocycles. The zero-order valence-electron chi connectivity index (χ0n) is 16.1. The molecular formula is C19H22ClFN4O4. The summed E-state index contributed by atoms with van der Waals surface area (Å²) in [4.78, 5) is 31.9. The molecule has 1 heterocycles. The van der Waals surface area contributed by atoms with Crippen LogP contribution in [0.3, 0.4) is 0 Å². The number of amides is 2. The summed E-state index contributed by atoms with van der Waals surface area (Å²) in [5.41, 5.74) is 0.345. The summed E-state index contributed by atoms with van der Waals surface area (Å²) in [5.74, 6) is -1.45. The van der Waals surface area contributed by atoms with E-state index in [1.54, 1.807) is 6.92 Å². The van der Waals surface area contributed by atoms with E-state index in [-0.39, 0.29) is 29.9 Å². The monoisotopic (exact) mass is 424 g/mol. The van der Waals surface area contributed by atoms with Gasteiger partial charge in [-0.2, -0.15) is 0 Å². The van der Waals surface area contributed by atoms with Crippen molar-refractivity contribution in [1.82, 2.24) is 15.3 Å². The van der Waals surface area contributed by atoms with E-state index < -0.39 is 17.7 Å². The van der Waals surface area contributed by atoms with E-state index >= 15 is 0 Å². The van der Waals surface area contributed by atoms with E-state index in [1.165, 1.54) is 37.9 Å². The highest BCUT2D eigenvalue weighted by Gasteiger charge is 2.16. The number of nitrogens with one attached hydrogen (secondary N) is 2. The van der Waals surface area contributed by atoms with Crippen molar-refractivity contribution < 1.29 is 23.5 Å². The van der Waals surface area contributed by atoms with Crippen LogP contribution in [0.25, 0.3) is 0 Å². The Morgan fingerprint density at radius 1 is 1.34 bits per heavy atom. The molecule has 29 heavy (non-hydrogen) atoms. The SMILES string of the molecule is C=C(CC(C)C(=O)Nc1ncc(OC)cn1)NC(=O)CO/C=C/C=C(/Cl)C(=C)F. The third kappa shape index (κ3) is 9.52. The smallest absolute Gasteiger partial charge is 0.261 e. The number of anilines is 1. The third-order valence-electron chi connectivity index (χ3n) is 3.31. The van der Waals surface area contributed by atoms with Crippen molar-refractivity contribution in [3.63, 3.8) is 0 Å². The maximum Gasteiger partial charge on any atom is 0.261 e. The highest BCUT2D eigenvalue weighted by molar-refractivity contribution is 6.31.